The van der Waals surface area contributed by atoms with Gasteiger partial charge in [-0.15, -0.1) is 0 Å². The van der Waals surface area contributed by atoms with Crippen LogP contribution in [0.2, 0.25) is 0 Å². The van der Waals surface area contributed by atoms with Crippen molar-refractivity contribution < 1.29 is 12.9 Å². The average Bonchev–Trinajstić information content (AvgIpc) is 3.23. The number of hydrogen-bond acceptors (Lipinski definition) is 9. The molecule has 0 spiro atoms. The summed E-state index contributed by atoms with van der Waals surface area (Å²) in [5.41, 5.74) is 0.317. The Hall–Kier alpha value is -2.27. The summed E-state index contributed by atoms with van der Waals surface area (Å²) in [6, 6.07) is 0. The molecule has 0 aliphatic carbocycles. The van der Waals surface area contributed by atoms with Crippen LogP contribution in [-0.2, 0) is 16.6 Å². The molecule has 1 fully saturated rings. The lowest BCUT2D eigenvalue weighted by atomic mass is 10.4. The highest BCUT2D eigenvalue weighted by atomic mass is 32.2. The van der Waals surface area contributed by atoms with Gasteiger partial charge in [-0.1, -0.05) is 5.16 Å². The maximum atomic E-state index is 12.6. The summed E-state index contributed by atoms with van der Waals surface area (Å²) in [5.74, 6) is 1.68. The molecule has 0 radical (unpaired) electrons. The Labute approximate surface area is 152 Å². The van der Waals surface area contributed by atoms with Gasteiger partial charge in [-0.2, -0.15) is 15.0 Å². The van der Waals surface area contributed by atoms with E-state index in [0.717, 1.165) is 25.9 Å². The first-order valence-electron chi connectivity index (χ1n) is 8.37. The Kier molecular flexibility index (Phi) is 5.10. The van der Waals surface area contributed by atoms with E-state index in [1.165, 1.54) is 0 Å². The smallest absolute Gasteiger partial charge is 0.246 e. The van der Waals surface area contributed by atoms with Crippen LogP contribution in [0.25, 0.3) is 0 Å². The van der Waals surface area contributed by atoms with E-state index < -0.39 is 10.0 Å². The number of anilines is 2. The van der Waals surface area contributed by atoms with Gasteiger partial charge in [-0.25, -0.2) is 13.1 Å². The van der Waals surface area contributed by atoms with E-state index in [9.17, 15) is 8.42 Å². The van der Waals surface area contributed by atoms with Gasteiger partial charge in [0, 0.05) is 27.2 Å². The van der Waals surface area contributed by atoms with Crippen LogP contribution in [0.15, 0.2) is 9.42 Å². The molecule has 26 heavy (non-hydrogen) atoms. The molecule has 3 rings (SSSR count). The molecule has 0 bridgehead atoms. The first kappa shape index (κ1) is 18.5. The van der Waals surface area contributed by atoms with Gasteiger partial charge in [0.2, 0.25) is 21.9 Å². The highest BCUT2D eigenvalue weighted by molar-refractivity contribution is 7.89. The van der Waals surface area contributed by atoms with Crippen LogP contribution in [0.3, 0.4) is 0 Å². The molecule has 1 N–H and O–H groups in total. The summed E-state index contributed by atoms with van der Waals surface area (Å²) >= 11 is 0. The van der Waals surface area contributed by atoms with E-state index in [0.29, 0.717) is 23.4 Å². The molecule has 0 unspecified atom stereocenters. The van der Waals surface area contributed by atoms with Gasteiger partial charge in [-0.05, 0) is 26.7 Å². The van der Waals surface area contributed by atoms with Gasteiger partial charge in [0.25, 0.3) is 0 Å². The second-order valence-electron chi connectivity index (χ2n) is 6.42. The SMILES string of the molecule is Cc1noc(C)c1S(=O)(=O)NCc1nc(N(C)C)nc(N2CCCC2)n1. The topological polar surface area (TPSA) is 117 Å². The Morgan fingerprint density at radius 1 is 1.15 bits per heavy atom. The highest BCUT2D eigenvalue weighted by Gasteiger charge is 2.25. The predicted molar refractivity (Wildman–Crippen MR) is 95.6 cm³/mol. The van der Waals surface area contributed by atoms with Crippen molar-refractivity contribution in [1.82, 2.24) is 24.8 Å². The van der Waals surface area contributed by atoms with Crippen LogP contribution >= 0.6 is 0 Å². The monoisotopic (exact) mass is 381 g/mol. The molecule has 1 saturated heterocycles. The molecule has 2 aromatic heterocycles. The van der Waals surface area contributed by atoms with E-state index in [-0.39, 0.29) is 17.2 Å². The minimum absolute atomic E-state index is 0.0450. The summed E-state index contributed by atoms with van der Waals surface area (Å²) in [7, 11) is -0.107. The third-order valence-corrected chi connectivity index (χ3v) is 5.75. The Bertz CT molecular complexity index is 869. The average molecular weight is 381 g/mol. The number of aromatic nitrogens is 4. The second-order valence-corrected chi connectivity index (χ2v) is 8.12. The minimum Gasteiger partial charge on any atom is -0.360 e. The van der Waals surface area contributed by atoms with E-state index in [1.807, 2.05) is 14.1 Å². The Morgan fingerprint density at radius 3 is 2.42 bits per heavy atom. The van der Waals surface area contributed by atoms with Crippen molar-refractivity contribution in [3.63, 3.8) is 0 Å². The van der Waals surface area contributed by atoms with Gasteiger partial charge in [0.15, 0.2) is 11.6 Å². The van der Waals surface area contributed by atoms with E-state index in [2.05, 4.69) is 29.7 Å². The lowest BCUT2D eigenvalue weighted by molar-refractivity contribution is 0.390. The van der Waals surface area contributed by atoms with Gasteiger partial charge in [0.05, 0.1) is 6.54 Å². The quantitative estimate of drug-likeness (QED) is 0.768. The first-order valence-corrected chi connectivity index (χ1v) is 9.86. The van der Waals surface area contributed by atoms with Crippen LogP contribution in [0.1, 0.15) is 30.1 Å². The Balaban J connectivity index is 1.85. The molecular weight excluding hydrogens is 358 g/mol. The molecule has 0 amide bonds. The number of nitrogens with one attached hydrogen (secondary N) is 1. The number of rotatable bonds is 6. The molecule has 1 aliphatic heterocycles. The predicted octanol–water partition coefficient (Wildman–Crippen LogP) is 0.621. The maximum Gasteiger partial charge on any atom is 0.246 e. The van der Waals surface area contributed by atoms with Crippen molar-refractivity contribution in [3.8, 4) is 0 Å². The molecule has 0 saturated carbocycles. The molecule has 3 heterocycles. The fraction of sp³-hybridized carbons (Fsp3) is 0.600. The van der Waals surface area contributed by atoms with Crippen LogP contribution in [0.5, 0.6) is 0 Å². The zero-order valence-electron chi connectivity index (χ0n) is 15.4. The normalized spacial score (nSPS) is 14.8. The summed E-state index contributed by atoms with van der Waals surface area (Å²) in [6.45, 7) is 4.88. The lowest BCUT2D eigenvalue weighted by Gasteiger charge is -2.18. The number of sulfonamides is 1. The number of hydrogen-bond donors (Lipinski definition) is 1. The third-order valence-electron chi connectivity index (χ3n) is 4.10. The van der Waals surface area contributed by atoms with Gasteiger partial charge < -0.3 is 14.3 Å². The largest absolute Gasteiger partial charge is 0.360 e. The van der Waals surface area contributed by atoms with Crippen LogP contribution in [0, 0.1) is 13.8 Å². The van der Waals surface area contributed by atoms with Crippen molar-refractivity contribution in [3.05, 3.63) is 17.3 Å². The lowest BCUT2D eigenvalue weighted by Crippen LogP contribution is -2.28. The molecule has 1 aliphatic rings. The zero-order chi connectivity index (χ0) is 18.9. The van der Waals surface area contributed by atoms with Crippen molar-refractivity contribution in [1.29, 1.82) is 0 Å². The van der Waals surface area contributed by atoms with Crippen LogP contribution in [-0.4, -0.2) is 55.7 Å². The number of nitrogens with zero attached hydrogens (tertiary/aromatic N) is 6. The molecule has 10 nitrogen and oxygen atoms in total. The summed E-state index contributed by atoms with van der Waals surface area (Å²) < 4.78 is 32.6. The van der Waals surface area contributed by atoms with Crippen molar-refractivity contribution in [2.45, 2.75) is 38.1 Å². The highest BCUT2D eigenvalue weighted by Crippen LogP contribution is 2.20. The molecule has 11 heteroatoms. The second kappa shape index (κ2) is 7.16. The van der Waals surface area contributed by atoms with Crippen molar-refractivity contribution >= 4 is 21.9 Å². The first-order chi connectivity index (χ1) is 12.3. The van der Waals surface area contributed by atoms with E-state index in [4.69, 9.17) is 4.52 Å². The summed E-state index contributed by atoms with van der Waals surface area (Å²) in [6.07, 6.45) is 2.19. The van der Waals surface area contributed by atoms with Gasteiger partial charge >= 0.3 is 0 Å². The maximum absolute atomic E-state index is 12.6. The third kappa shape index (κ3) is 3.78. The molecule has 0 atom stereocenters. The molecular formula is C15H23N7O3S. The number of aryl methyl sites for hydroxylation is 2. The summed E-state index contributed by atoms with van der Waals surface area (Å²) in [5, 5.41) is 3.69. The van der Waals surface area contributed by atoms with E-state index in [1.54, 1.807) is 18.7 Å². The fourth-order valence-electron chi connectivity index (χ4n) is 2.82. The van der Waals surface area contributed by atoms with Crippen LogP contribution in [0.4, 0.5) is 11.9 Å². The van der Waals surface area contributed by atoms with Crippen molar-refractivity contribution in [2.75, 3.05) is 37.0 Å². The van der Waals surface area contributed by atoms with Crippen LogP contribution < -0.4 is 14.5 Å². The minimum atomic E-state index is -3.78. The van der Waals surface area contributed by atoms with Crippen molar-refractivity contribution in [2.24, 2.45) is 0 Å². The molecule has 2 aromatic rings. The fourth-order valence-corrected chi connectivity index (χ4v) is 4.13. The molecule has 142 valence electrons. The summed E-state index contributed by atoms with van der Waals surface area (Å²) in [4.78, 5) is 17.2. The van der Waals surface area contributed by atoms with Gasteiger partial charge in [0.1, 0.15) is 10.6 Å². The molecule has 0 aromatic carbocycles. The Morgan fingerprint density at radius 2 is 1.85 bits per heavy atom. The van der Waals surface area contributed by atoms with E-state index >= 15 is 0 Å². The van der Waals surface area contributed by atoms with Gasteiger partial charge in [-0.3, -0.25) is 0 Å². The zero-order valence-corrected chi connectivity index (χ0v) is 16.2. The standard InChI is InChI=1S/C15H23N7O3S/c1-10-13(11(2)25-20-10)26(23,24)16-9-12-17-14(21(3)4)19-15(18-12)22-7-5-6-8-22/h16H,5-9H2,1-4H3.